The number of carbonyl (C=O) groups excluding carboxylic acids is 1. The summed E-state index contributed by atoms with van der Waals surface area (Å²) in [7, 11) is 0. The number of hydrogen-bond acceptors (Lipinski definition) is 5. The van der Waals surface area contributed by atoms with Gasteiger partial charge in [0.1, 0.15) is 11.4 Å². The highest BCUT2D eigenvalue weighted by atomic mass is 35.5. The van der Waals surface area contributed by atoms with Crippen LogP contribution < -0.4 is 15.4 Å². The SMILES string of the molecule is CCOc1ccccc1Nc1nccc(C(=O)NCc2ccccc2Cl)n1. The first kappa shape index (κ1) is 18.7. The number of rotatable bonds is 7. The summed E-state index contributed by atoms with van der Waals surface area (Å²) in [4.78, 5) is 20.9. The quantitative estimate of drug-likeness (QED) is 0.640. The molecule has 2 aromatic carbocycles. The lowest BCUT2D eigenvalue weighted by Crippen LogP contribution is -2.24. The fourth-order valence-corrected chi connectivity index (χ4v) is 2.63. The summed E-state index contributed by atoms with van der Waals surface area (Å²) < 4.78 is 5.58. The van der Waals surface area contributed by atoms with Crippen molar-refractivity contribution in [3.05, 3.63) is 77.1 Å². The Morgan fingerprint density at radius 2 is 1.89 bits per heavy atom. The zero-order valence-corrected chi connectivity index (χ0v) is 15.5. The van der Waals surface area contributed by atoms with Gasteiger partial charge in [0.2, 0.25) is 5.95 Å². The second-order valence-corrected chi connectivity index (χ2v) is 6.00. The van der Waals surface area contributed by atoms with E-state index in [2.05, 4.69) is 20.6 Å². The van der Waals surface area contributed by atoms with Crippen molar-refractivity contribution >= 4 is 29.1 Å². The summed E-state index contributed by atoms with van der Waals surface area (Å²) in [5, 5.41) is 6.51. The van der Waals surface area contributed by atoms with Crippen LogP contribution in [0.2, 0.25) is 5.02 Å². The number of halogens is 1. The minimum atomic E-state index is -0.307. The number of aromatic nitrogens is 2. The lowest BCUT2D eigenvalue weighted by Gasteiger charge is -2.11. The van der Waals surface area contributed by atoms with Gasteiger partial charge in [-0.15, -0.1) is 0 Å². The average molecular weight is 383 g/mol. The van der Waals surface area contributed by atoms with Gasteiger partial charge in [-0.2, -0.15) is 0 Å². The smallest absolute Gasteiger partial charge is 0.270 e. The molecule has 0 aliphatic rings. The molecule has 7 heteroatoms. The third kappa shape index (κ3) is 4.95. The molecule has 1 amide bonds. The van der Waals surface area contributed by atoms with Crippen LogP contribution in [0.25, 0.3) is 0 Å². The number of anilines is 2. The number of carbonyl (C=O) groups is 1. The highest BCUT2D eigenvalue weighted by Gasteiger charge is 2.11. The number of para-hydroxylation sites is 2. The molecule has 27 heavy (non-hydrogen) atoms. The highest BCUT2D eigenvalue weighted by Crippen LogP contribution is 2.26. The molecule has 0 spiro atoms. The van der Waals surface area contributed by atoms with E-state index in [0.717, 1.165) is 11.3 Å². The largest absolute Gasteiger partial charge is 0.492 e. The molecule has 0 fully saturated rings. The predicted octanol–water partition coefficient (Wildman–Crippen LogP) is 4.20. The minimum Gasteiger partial charge on any atom is -0.492 e. The highest BCUT2D eigenvalue weighted by molar-refractivity contribution is 6.31. The molecule has 138 valence electrons. The maximum atomic E-state index is 12.4. The maximum absolute atomic E-state index is 12.4. The zero-order valence-electron chi connectivity index (χ0n) is 14.8. The second kappa shape index (κ2) is 9.00. The Labute approximate surface area is 162 Å². The third-order valence-electron chi connectivity index (χ3n) is 3.72. The number of nitrogens with one attached hydrogen (secondary N) is 2. The van der Waals surface area contributed by atoms with E-state index < -0.39 is 0 Å². The van der Waals surface area contributed by atoms with Crippen molar-refractivity contribution in [1.29, 1.82) is 0 Å². The molecule has 0 saturated carbocycles. The first-order chi connectivity index (χ1) is 13.2. The van der Waals surface area contributed by atoms with Crippen LogP contribution in [-0.2, 0) is 6.54 Å². The molecule has 0 radical (unpaired) electrons. The molecule has 0 atom stereocenters. The summed E-state index contributed by atoms with van der Waals surface area (Å²) in [5.74, 6) is 0.697. The summed E-state index contributed by atoms with van der Waals surface area (Å²) in [6.45, 7) is 2.78. The van der Waals surface area contributed by atoms with Crippen LogP contribution in [0.4, 0.5) is 11.6 Å². The fourth-order valence-electron chi connectivity index (χ4n) is 2.42. The van der Waals surface area contributed by atoms with Crippen molar-refractivity contribution in [1.82, 2.24) is 15.3 Å². The van der Waals surface area contributed by atoms with Gasteiger partial charge in [-0.25, -0.2) is 9.97 Å². The summed E-state index contributed by atoms with van der Waals surface area (Å²) in [6.07, 6.45) is 1.53. The third-order valence-corrected chi connectivity index (χ3v) is 4.09. The van der Waals surface area contributed by atoms with Crippen molar-refractivity contribution in [2.24, 2.45) is 0 Å². The predicted molar refractivity (Wildman–Crippen MR) is 106 cm³/mol. The topological polar surface area (TPSA) is 76.1 Å². The van der Waals surface area contributed by atoms with Crippen molar-refractivity contribution in [3.8, 4) is 5.75 Å². The summed E-state index contributed by atoms with van der Waals surface area (Å²) in [5.41, 5.74) is 1.83. The van der Waals surface area contributed by atoms with Gasteiger partial charge >= 0.3 is 0 Å². The van der Waals surface area contributed by atoms with Gasteiger partial charge in [0.25, 0.3) is 5.91 Å². The first-order valence-electron chi connectivity index (χ1n) is 8.51. The molecule has 0 aliphatic carbocycles. The van der Waals surface area contributed by atoms with Crippen LogP contribution in [0.5, 0.6) is 5.75 Å². The normalized spacial score (nSPS) is 10.3. The molecule has 1 aromatic heterocycles. The van der Waals surface area contributed by atoms with Crippen LogP contribution >= 0.6 is 11.6 Å². The molecule has 0 saturated heterocycles. The molecular formula is C20H19ClN4O2. The number of ether oxygens (including phenoxy) is 1. The van der Waals surface area contributed by atoms with Gasteiger partial charge in [0.15, 0.2) is 0 Å². The van der Waals surface area contributed by atoms with Crippen LogP contribution in [0.3, 0.4) is 0 Å². The second-order valence-electron chi connectivity index (χ2n) is 5.59. The Bertz CT molecular complexity index is 933. The van der Waals surface area contributed by atoms with Gasteiger partial charge in [0.05, 0.1) is 12.3 Å². The van der Waals surface area contributed by atoms with Crippen molar-refractivity contribution < 1.29 is 9.53 Å². The average Bonchev–Trinajstić information content (AvgIpc) is 2.69. The minimum absolute atomic E-state index is 0.258. The Morgan fingerprint density at radius 1 is 1.11 bits per heavy atom. The van der Waals surface area contributed by atoms with E-state index in [4.69, 9.17) is 16.3 Å². The van der Waals surface area contributed by atoms with Crippen molar-refractivity contribution in [2.45, 2.75) is 13.5 Å². The zero-order chi connectivity index (χ0) is 19.1. The maximum Gasteiger partial charge on any atom is 0.270 e. The Morgan fingerprint density at radius 3 is 2.70 bits per heavy atom. The van der Waals surface area contributed by atoms with E-state index in [1.165, 1.54) is 6.20 Å². The molecular weight excluding hydrogens is 364 g/mol. The first-order valence-corrected chi connectivity index (χ1v) is 8.88. The summed E-state index contributed by atoms with van der Waals surface area (Å²) in [6, 6.07) is 16.4. The fraction of sp³-hybridized carbons (Fsp3) is 0.150. The number of benzene rings is 2. The number of hydrogen-bond donors (Lipinski definition) is 2. The molecule has 0 bridgehead atoms. The van der Waals surface area contributed by atoms with Gasteiger partial charge in [-0.3, -0.25) is 4.79 Å². The Kier molecular flexibility index (Phi) is 6.22. The lowest BCUT2D eigenvalue weighted by molar-refractivity contribution is 0.0946. The van der Waals surface area contributed by atoms with E-state index in [1.807, 2.05) is 49.4 Å². The molecule has 3 aromatic rings. The molecule has 6 nitrogen and oxygen atoms in total. The molecule has 1 heterocycles. The summed E-state index contributed by atoms with van der Waals surface area (Å²) >= 11 is 6.11. The van der Waals surface area contributed by atoms with E-state index in [9.17, 15) is 4.79 Å². The molecule has 0 unspecified atom stereocenters. The van der Waals surface area contributed by atoms with Crippen LogP contribution in [-0.4, -0.2) is 22.5 Å². The van der Waals surface area contributed by atoms with Crippen LogP contribution in [0.15, 0.2) is 60.8 Å². The monoisotopic (exact) mass is 382 g/mol. The van der Waals surface area contributed by atoms with Crippen LogP contribution in [0.1, 0.15) is 23.0 Å². The van der Waals surface area contributed by atoms with Crippen LogP contribution in [0, 0.1) is 0 Å². The van der Waals surface area contributed by atoms with Gasteiger partial charge in [0, 0.05) is 17.8 Å². The Balaban J connectivity index is 1.70. The lowest BCUT2D eigenvalue weighted by atomic mass is 10.2. The van der Waals surface area contributed by atoms with E-state index in [-0.39, 0.29) is 11.6 Å². The Hall–Kier alpha value is -3.12. The standard InChI is InChI=1S/C20H19ClN4O2/c1-2-27-18-10-6-5-9-16(18)24-20-22-12-11-17(25-20)19(26)23-13-14-7-3-4-8-15(14)21/h3-12H,2,13H2,1H3,(H,23,26)(H,22,24,25). The van der Waals surface area contributed by atoms with E-state index in [1.54, 1.807) is 12.1 Å². The van der Waals surface area contributed by atoms with Gasteiger partial charge in [-0.05, 0) is 36.8 Å². The van der Waals surface area contributed by atoms with Gasteiger partial charge in [-0.1, -0.05) is 41.9 Å². The van der Waals surface area contributed by atoms with E-state index in [0.29, 0.717) is 29.9 Å². The molecule has 0 aliphatic heterocycles. The van der Waals surface area contributed by atoms with Crippen molar-refractivity contribution in [3.63, 3.8) is 0 Å². The number of nitrogens with zero attached hydrogens (tertiary/aromatic N) is 2. The van der Waals surface area contributed by atoms with Gasteiger partial charge < -0.3 is 15.4 Å². The van der Waals surface area contributed by atoms with Crippen molar-refractivity contribution in [2.75, 3.05) is 11.9 Å². The van der Waals surface area contributed by atoms with E-state index >= 15 is 0 Å². The number of amides is 1. The molecule has 3 rings (SSSR count). The molecule has 2 N–H and O–H groups in total.